The fraction of sp³-hybridized carbons (Fsp3) is 0.636. The Morgan fingerprint density at radius 2 is 1.90 bits per heavy atom. The van der Waals surface area contributed by atoms with E-state index in [1.807, 2.05) is 6.92 Å². The number of nitrogens with one attached hydrogen (secondary N) is 2. The van der Waals surface area contributed by atoms with Gasteiger partial charge in [-0.2, -0.15) is 0 Å². The minimum atomic E-state index is -0.122. The third-order valence-corrected chi connectivity index (χ3v) is 7.43. The fourth-order valence-corrected chi connectivity index (χ4v) is 5.67. The predicted octanol–water partition coefficient (Wildman–Crippen LogP) is 2.79. The highest BCUT2D eigenvalue weighted by molar-refractivity contribution is 14.0. The van der Waals surface area contributed by atoms with E-state index in [4.69, 9.17) is 0 Å². The third kappa shape index (κ3) is 4.97. The van der Waals surface area contributed by atoms with E-state index in [0.717, 1.165) is 30.1 Å². The van der Waals surface area contributed by atoms with Crippen molar-refractivity contribution >= 4 is 53.1 Å². The van der Waals surface area contributed by atoms with Crippen LogP contribution >= 0.6 is 35.3 Å². The number of fused-ring (bicyclic) bond motifs is 5. The maximum atomic E-state index is 12.8. The summed E-state index contributed by atoms with van der Waals surface area (Å²) in [5.41, 5.74) is 1.08. The second-order valence-corrected chi connectivity index (χ2v) is 9.49. The Hall–Kier alpha value is -1.49. The molecular weight excluding hydrogens is 525 g/mol. The second-order valence-electron chi connectivity index (χ2n) is 8.60. The molecule has 4 unspecified atom stereocenters. The maximum absolute atomic E-state index is 12.8. The molecule has 0 spiro atoms. The van der Waals surface area contributed by atoms with Crippen molar-refractivity contribution in [2.45, 2.75) is 39.5 Å². The molecule has 31 heavy (non-hydrogen) atoms. The summed E-state index contributed by atoms with van der Waals surface area (Å²) in [6.45, 7) is 8.59. The van der Waals surface area contributed by atoms with Crippen molar-refractivity contribution in [3.05, 3.63) is 28.2 Å². The molecule has 9 heteroatoms. The highest BCUT2D eigenvalue weighted by Crippen LogP contribution is 2.52. The van der Waals surface area contributed by atoms with Gasteiger partial charge in [0.15, 0.2) is 5.96 Å². The highest BCUT2D eigenvalue weighted by Gasteiger charge is 2.58. The average molecular weight is 558 g/mol. The normalized spacial score (nSPS) is 26.6. The lowest BCUT2D eigenvalue weighted by atomic mass is 9.85. The van der Waals surface area contributed by atoms with Crippen LogP contribution in [0.2, 0.25) is 0 Å². The number of halogens is 1. The first-order valence-electron chi connectivity index (χ1n) is 11.0. The number of nitrogens with zero attached hydrogens (tertiary/aromatic N) is 3. The lowest BCUT2D eigenvalue weighted by Gasteiger charge is -2.18. The smallest absolute Gasteiger partial charge is 0.233 e. The molecule has 1 saturated carbocycles. The average Bonchev–Trinajstić information content (AvgIpc) is 3.48. The monoisotopic (exact) mass is 557 g/mol. The van der Waals surface area contributed by atoms with Gasteiger partial charge in [-0.1, -0.05) is 26.0 Å². The summed E-state index contributed by atoms with van der Waals surface area (Å²) in [7, 11) is 0. The number of hydrogen-bond donors (Lipinski definition) is 2. The number of rotatable bonds is 8. The van der Waals surface area contributed by atoms with E-state index >= 15 is 0 Å². The largest absolute Gasteiger partial charge is 0.357 e. The van der Waals surface area contributed by atoms with Crippen molar-refractivity contribution in [2.75, 3.05) is 26.2 Å². The number of aliphatic imine (C=N–C) groups is 1. The topological polar surface area (TPSA) is 86.7 Å². The van der Waals surface area contributed by atoms with Crippen molar-refractivity contribution in [1.29, 1.82) is 0 Å². The quantitative estimate of drug-likeness (QED) is 0.169. The lowest BCUT2D eigenvalue weighted by molar-refractivity contribution is -0.140. The van der Waals surface area contributed by atoms with Crippen LogP contribution in [0.1, 0.15) is 43.8 Å². The van der Waals surface area contributed by atoms with Gasteiger partial charge in [0.2, 0.25) is 11.8 Å². The van der Waals surface area contributed by atoms with Gasteiger partial charge in [-0.25, -0.2) is 4.98 Å². The first-order chi connectivity index (χ1) is 14.5. The van der Waals surface area contributed by atoms with Crippen LogP contribution in [0.5, 0.6) is 0 Å². The van der Waals surface area contributed by atoms with E-state index in [1.165, 1.54) is 4.90 Å². The molecule has 2 amide bonds. The number of likely N-dealkylation sites (tertiary alicyclic amines) is 1. The fourth-order valence-electron chi connectivity index (χ4n) is 4.80. The molecule has 1 aromatic rings. The van der Waals surface area contributed by atoms with Gasteiger partial charge in [0, 0.05) is 43.9 Å². The van der Waals surface area contributed by atoms with Crippen molar-refractivity contribution in [3.8, 4) is 0 Å². The number of thiazole rings is 1. The Balaban J connectivity index is 0.00000272. The summed E-state index contributed by atoms with van der Waals surface area (Å²) in [6.07, 6.45) is 6.01. The molecule has 2 N–H and O–H groups in total. The van der Waals surface area contributed by atoms with Crippen LogP contribution in [0.3, 0.4) is 0 Å². The first kappa shape index (κ1) is 24.2. The number of allylic oxidation sites excluding steroid dienone is 2. The highest BCUT2D eigenvalue weighted by atomic mass is 127. The van der Waals surface area contributed by atoms with Gasteiger partial charge in [0.25, 0.3) is 0 Å². The Morgan fingerprint density at radius 1 is 1.23 bits per heavy atom. The minimum Gasteiger partial charge on any atom is -0.357 e. The van der Waals surface area contributed by atoms with E-state index in [2.05, 4.69) is 52.0 Å². The van der Waals surface area contributed by atoms with Gasteiger partial charge in [0.1, 0.15) is 0 Å². The molecule has 170 valence electrons. The molecule has 2 bridgehead atoms. The first-order valence-corrected chi connectivity index (χ1v) is 11.9. The summed E-state index contributed by atoms with van der Waals surface area (Å²) in [5.74, 6) is 1.45. The molecule has 0 radical (unpaired) electrons. The summed E-state index contributed by atoms with van der Waals surface area (Å²) in [6, 6.07) is 0. The molecule has 1 aliphatic heterocycles. The predicted molar refractivity (Wildman–Crippen MR) is 134 cm³/mol. The number of hydrogen-bond acceptors (Lipinski definition) is 5. The Labute approximate surface area is 205 Å². The van der Waals surface area contributed by atoms with E-state index in [-0.39, 0.29) is 59.5 Å². The van der Waals surface area contributed by atoms with Crippen LogP contribution in [-0.2, 0) is 16.0 Å². The zero-order chi connectivity index (χ0) is 21.3. The number of aromatic nitrogens is 1. The van der Waals surface area contributed by atoms with Crippen LogP contribution in [0, 0.1) is 23.7 Å². The molecule has 1 aromatic heterocycles. The summed E-state index contributed by atoms with van der Waals surface area (Å²) in [4.78, 5) is 36.2. The third-order valence-electron chi connectivity index (χ3n) is 6.23. The van der Waals surface area contributed by atoms with E-state index < -0.39 is 0 Å². The molecule has 4 rings (SSSR count). The number of amides is 2. The van der Waals surface area contributed by atoms with Gasteiger partial charge in [0.05, 0.1) is 22.5 Å². The van der Waals surface area contributed by atoms with Crippen molar-refractivity contribution in [1.82, 2.24) is 20.5 Å². The number of carbonyl (C=O) groups excluding carboxylic acids is 2. The second kappa shape index (κ2) is 10.4. The molecule has 2 aliphatic carbocycles. The van der Waals surface area contributed by atoms with Gasteiger partial charge in [-0.15, -0.1) is 35.3 Å². The molecule has 4 atom stereocenters. The number of carbonyl (C=O) groups is 2. The SMILES string of the molecule is CCNC(=NCCc1csc(C(C)C)n1)NCCN1C(=O)C2C3C=CC(C3)C2C1=O.I. The van der Waals surface area contributed by atoms with Gasteiger partial charge in [-0.05, 0) is 25.2 Å². The molecule has 1 saturated heterocycles. The summed E-state index contributed by atoms with van der Waals surface area (Å²) in [5, 5.41) is 9.75. The zero-order valence-corrected chi connectivity index (χ0v) is 21.5. The zero-order valence-electron chi connectivity index (χ0n) is 18.3. The van der Waals surface area contributed by atoms with Gasteiger partial charge >= 0.3 is 0 Å². The van der Waals surface area contributed by atoms with Crippen molar-refractivity contribution in [2.24, 2.45) is 28.7 Å². The standard InChI is InChI=1S/C22H31N5O2S.HI/c1-4-23-22(24-8-7-16-12-30-19(26-16)13(2)3)25-9-10-27-20(28)17-14-5-6-15(11-14)18(17)21(27)29;/h5-6,12-15,17-18H,4,7-11H2,1-3H3,(H2,23,24,25);1H. The minimum absolute atomic E-state index is 0. The van der Waals surface area contributed by atoms with Crippen molar-refractivity contribution in [3.63, 3.8) is 0 Å². The maximum Gasteiger partial charge on any atom is 0.233 e. The molecule has 0 aromatic carbocycles. The van der Waals surface area contributed by atoms with E-state index in [0.29, 0.717) is 31.5 Å². The van der Waals surface area contributed by atoms with E-state index in [1.54, 1.807) is 11.3 Å². The molecular formula is C22H32IN5O2S. The van der Waals surface area contributed by atoms with Crippen LogP contribution in [0.15, 0.2) is 22.5 Å². The Kier molecular flexibility index (Phi) is 8.12. The summed E-state index contributed by atoms with van der Waals surface area (Å²) < 4.78 is 0. The van der Waals surface area contributed by atoms with Gasteiger partial charge in [-0.3, -0.25) is 19.5 Å². The summed E-state index contributed by atoms with van der Waals surface area (Å²) >= 11 is 1.70. The Bertz CT molecular complexity index is 838. The van der Waals surface area contributed by atoms with Crippen LogP contribution in [-0.4, -0.2) is 53.8 Å². The van der Waals surface area contributed by atoms with Crippen LogP contribution in [0.25, 0.3) is 0 Å². The molecule has 2 heterocycles. The van der Waals surface area contributed by atoms with Gasteiger partial charge < -0.3 is 10.6 Å². The lowest BCUT2D eigenvalue weighted by Crippen LogP contribution is -2.43. The van der Waals surface area contributed by atoms with Crippen LogP contribution < -0.4 is 10.6 Å². The van der Waals surface area contributed by atoms with Crippen molar-refractivity contribution < 1.29 is 9.59 Å². The number of imide groups is 1. The number of guanidine groups is 1. The molecule has 3 aliphatic rings. The van der Waals surface area contributed by atoms with Crippen LogP contribution in [0.4, 0.5) is 0 Å². The molecule has 7 nitrogen and oxygen atoms in total. The van der Waals surface area contributed by atoms with E-state index in [9.17, 15) is 9.59 Å². The molecule has 2 fully saturated rings. The Morgan fingerprint density at radius 3 is 2.48 bits per heavy atom.